The highest BCUT2D eigenvalue weighted by Gasteiger charge is 2.35. The largest absolute Gasteiger partial charge is 0.496 e. The highest BCUT2D eigenvalue weighted by Crippen LogP contribution is 2.36. The Morgan fingerprint density at radius 2 is 1.81 bits per heavy atom. The van der Waals surface area contributed by atoms with E-state index in [1.165, 1.54) is 11.3 Å². The number of esters is 1. The zero-order valence-electron chi connectivity index (χ0n) is 24.1. The Labute approximate surface area is 247 Å². The first kappa shape index (κ1) is 27.5. The highest BCUT2D eigenvalue weighted by molar-refractivity contribution is 7.07. The molecular weight excluding hydrogens is 546 g/mol. The topological polar surface area (TPSA) is 85.7 Å². The van der Waals surface area contributed by atoms with Gasteiger partial charge in [-0.3, -0.25) is 9.36 Å². The number of thiazole rings is 1. The van der Waals surface area contributed by atoms with Crippen molar-refractivity contribution in [2.24, 2.45) is 4.99 Å². The molecule has 0 spiro atoms. The molecule has 0 saturated heterocycles. The van der Waals surface area contributed by atoms with Gasteiger partial charge in [0.1, 0.15) is 11.8 Å². The molecule has 1 unspecified atom stereocenters. The van der Waals surface area contributed by atoms with Gasteiger partial charge in [-0.1, -0.05) is 71.5 Å². The second-order valence-electron chi connectivity index (χ2n) is 10.3. The van der Waals surface area contributed by atoms with Gasteiger partial charge in [0, 0.05) is 22.0 Å². The van der Waals surface area contributed by atoms with Crippen molar-refractivity contribution < 1.29 is 14.3 Å². The number of rotatable bonds is 6. The standard InChI is InChI=1S/C34H31N3O4S/c1-6-41-33(39)28-21(4)35-34-37(31(28)23-14-10-11-15-26(23)40-5)32(38)27(42-34)18-25-24-17-19(2)16-20(3)29(24)36-30(25)22-12-8-7-9-13-22/h7-18,31,36H,6H2,1-5H3/b27-18+. The summed E-state index contributed by atoms with van der Waals surface area (Å²) in [5.41, 5.74) is 7.50. The lowest BCUT2D eigenvalue weighted by Crippen LogP contribution is -2.40. The fraction of sp³-hybridized carbons (Fsp3) is 0.206. The number of nitrogens with one attached hydrogen (secondary N) is 1. The second kappa shape index (κ2) is 10.9. The predicted molar refractivity (Wildman–Crippen MR) is 167 cm³/mol. The number of nitrogens with zero attached hydrogens (tertiary/aromatic N) is 2. The van der Waals surface area contributed by atoms with Gasteiger partial charge in [0.25, 0.3) is 5.56 Å². The molecule has 5 aromatic rings. The van der Waals surface area contributed by atoms with Crippen LogP contribution < -0.4 is 19.6 Å². The minimum Gasteiger partial charge on any atom is -0.496 e. The Balaban J connectivity index is 1.65. The minimum absolute atomic E-state index is 0.209. The number of aryl methyl sites for hydroxylation is 2. The van der Waals surface area contributed by atoms with E-state index in [1.54, 1.807) is 25.5 Å². The third-order valence-electron chi connectivity index (χ3n) is 7.58. The molecule has 0 saturated carbocycles. The molecular formula is C34H31N3O4S. The van der Waals surface area contributed by atoms with Crippen molar-refractivity contribution in [1.29, 1.82) is 0 Å². The number of ether oxygens (including phenoxy) is 2. The number of allylic oxidation sites excluding steroid dienone is 1. The summed E-state index contributed by atoms with van der Waals surface area (Å²) in [6, 6.07) is 21.1. The van der Waals surface area contributed by atoms with E-state index in [2.05, 4.69) is 43.1 Å². The summed E-state index contributed by atoms with van der Waals surface area (Å²) in [6.07, 6.45) is 1.95. The van der Waals surface area contributed by atoms with Crippen molar-refractivity contribution in [3.63, 3.8) is 0 Å². The van der Waals surface area contributed by atoms with Gasteiger partial charge in [0.2, 0.25) is 0 Å². The van der Waals surface area contributed by atoms with Gasteiger partial charge in [-0.2, -0.15) is 0 Å². The van der Waals surface area contributed by atoms with E-state index >= 15 is 0 Å². The Bertz CT molecular complexity index is 2070. The van der Waals surface area contributed by atoms with Crippen LogP contribution >= 0.6 is 11.3 Å². The van der Waals surface area contributed by atoms with E-state index < -0.39 is 12.0 Å². The zero-order chi connectivity index (χ0) is 29.5. The Morgan fingerprint density at radius 1 is 1.07 bits per heavy atom. The van der Waals surface area contributed by atoms with E-state index in [0.717, 1.165) is 38.9 Å². The van der Waals surface area contributed by atoms with Gasteiger partial charge >= 0.3 is 5.97 Å². The van der Waals surface area contributed by atoms with Crippen LogP contribution in [0.4, 0.5) is 0 Å². The summed E-state index contributed by atoms with van der Waals surface area (Å²) in [4.78, 5) is 36.5. The number of methoxy groups -OCH3 is 1. The molecule has 3 heterocycles. The quantitative estimate of drug-likeness (QED) is 0.267. The number of para-hydroxylation sites is 1. The maximum Gasteiger partial charge on any atom is 0.338 e. The van der Waals surface area contributed by atoms with Crippen molar-refractivity contribution in [2.45, 2.75) is 33.7 Å². The molecule has 1 N–H and O–H groups in total. The molecule has 3 aromatic carbocycles. The summed E-state index contributed by atoms with van der Waals surface area (Å²) >= 11 is 1.31. The normalized spacial score (nSPS) is 15.1. The summed E-state index contributed by atoms with van der Waals surface area (Å²) < 4.78 is 13.2. The Kier molecular flexibility index (Phi) is 7.16. The zero-order valence-corrected chi connectivity index (χ0v) is 25.0. The van der Waals surface area contributed by atoms with Crippen LogP contribution in [0.1, 0.15) is 42.1 Å². The summed E-state index contributed by atoms with van der Waals surface area (Å²) in [7, 11) is 1.58. The first-order valence-corrected chi connectivity index (χ1v) is 14.6. The van der Waals surface area contributed by atoms with Gasteiger partial charge in [-0.05, 0) is 57.0 Å². The van der Waals surface area contributed by atoms with Crippen LogP contribution in [0.5, 0.6) is 5.75 Å². The third kappa shape index (κ3) is 4.58. The van der Waals surface area contributed by atoms with Gasteiger partial charge in [0.15, 0.2) is 4.80 Å². The van der Waals surface area contributed by atoms with Crippen LogP contribution in [0.15, 0.2) is 87.8 Å². The fourth-order valence-electron chi connectivity index (χ4n) is 5.76. The summed E-state index contributed by atoms with van der Waals surface area (Å²) in [6.45, 7) is 7.91. The minimum atomic E-state index is -0.750. The molecule has 1 aliphatic heterocycles. The SMILES string of the molecule is CCOC(=O)C1=C(C)N=c2s/c(=C/c3c(-c4ccccc4)[nH]c4c(C)cc(C)cc34)c(=O)n2C1c1ccccc1OC. The van der Waals surface area contributed by atoms with Crippen molar-refractivity contribution in [3.05, 3.63) is 120 Å². The van der Waals surface area contributed by atoms with E-state index in [4.69, 9.17) is 14.5 Å². The fourth-order valence-corrected chi connectivity index (χ4v) is 6.79. The number of hydrogen-bond donors (Lipinski definition) is 1. The molecule has 0 aliphatic carbocycles. The number of aromatic nitrogens is 2. The van der Waals surface area contributed by atoms with Crippen LogP contribution in [-0.4, -0.2) is 29.2 Å². The lowest BCUT2D eigenvalue weighted by Gasteiger charge is -2.25. The maximum atomic E-state index is 14.3. The Morgan fingerprint density at radius 3 is 2.55 bits per heavy atom. The molecule has 42 heavy (non-hydrogen) atoms. The second-order valence-corrected chi connectivity index (χ2v) is 11.3. The molecule has 0 bridgehead atoms. The van der Waals surface area contributed by atoms with Crippen LogP contribution in [0.3, 0.4) is 0 Å². The number of carbonyl (C=O) groups excluding carboxylic acids is 1. The first-order valence-electron chi connectivity index (χ1n) is 13.8. The lowest BCUT2D eigenvalue weighted by molar-refractivity contribution is -0.139. The average Bonchev–Trinajstić information content (AvgIpc) is 3.50. The van der Waals surface area contributed by atoms with Crippen molar-refractivity contribution in [3.8, 4) is 17.0 Å². The molecule has 1 aliphatic rings. The highest BCUT2D eigenvalue weighted by atomic mass is 32.1. The Hall–Kier alpha value is -4.69. The van der Waals surface area contributed by atoms with Crippen LogP contribution in [0.2, 0.25) is 0 Å². The van der Waals surface area contributed by atoms with Gasteiger partial charge in [0.05, 0.1) is 35.2 Å². The lowest BCUT2D eigenvalue weighted by atomic mass is 9.95. The van der Waals surface area contributed by atoms with E-state index in [9.17, 15) is 9.59 Å². The molecule has 8 heteroatoms. The van der Waals surface area contributed by atoms with Gasteiger partial charge < -0.3 is 14.5 Å². The van der Waals surface area contributed by atoms with Crippen LogP contribution in [0.25, 0.3) is 28.2 Å². The molecule has 2 aromatic heterocycles. The predicted octanol–water partition coefficient (Wildman–Crippen LogP) is 5.57. The molecule has 0 amide bonds. The van der Waals surface area contributed by atoms with E-state index in [-0.39, 0.29) is 12.2 Å². The number of carbonyl (C=O) groups is 1. The number of fused-ring (bicyclic) bond motifs is 2. The smallest absolute Gasteiger partial charge is 0.338 e. The average molecular weight is 578 g/mol. The number of benzene rings is 3. The molecule has 0 radical (unpaired) electrons. The molecule has 1 atom stereocenters. The van der Waals surface area contributed by atoms with E-state index in [1.807, 2.05) is 48.5 Å². The third-order valence-corrected chi connectivity index (χ3v) is 8.56. The molecule has 6 rings (SSSR count). The van der Waals surface area contributed by atoms with Gasteiger partial charge in [-0.25, -0.2) is 9.79 Å². The van der Waals surface area contributed by atoms with Crippen molar-refractivity contribution >= 4 is 34.3 Å². The molecule has 7 nitrogen and oxygen atoms in total. The van der Waals surface area contributed by atoms with Gasteiger partial charge in [-0.15, -0.1) is 0 Å². The van der Waals surface area contributed by atoms with Crippen molar-refractivity contribution in [1.82, 2.24) is 9.55 Å². The van der Waals surface area contributed by atoms with Crippen LogP contribution in [0, 0.1) is 13.8 Å². The monoisotopic (exact) mass is 577 g/mol. The first-order chi connectivity index (χ1) is 20.3. The van der Waals surface area contributed by atoms with E-state index in [0.29, 0.717) is 31.9 Å². The number of H-pyrrole nitrogens is 1. The van der Waals surface area contributed by atoms with Crippen molar-refractivity contribution in [2.75, 3.05) is 13.7 Å². The van der Waals surface area contributed by atoms with Crippen LogP contribution in [-0.2, 0) is 9.53 Å². The molecule has 212 valence electrons. The summed E-state index contributed by atoms with van der Waals surface area (Å²) in [5.74, 6) is 0.0698. The maximum absolute atomic E-state index is 14.3. The number of aromatic amines is 1. The number of hydrogen-bond acceptors (Lipinski definition) is 6. The summed E-state index contributed by atoms with van der Waals surface area (Å²) in [5, 5.41) is 1.04. The molecule has 0 fully saturated rings.